The van der Waals surface area contributed by atoms with Gasteiger partial charge in [-0.25, -0.2) is 9.59 Å². The fraction of sp³-hybridized carbons (Fsp3) is 0.286. The number of ether oxygens (including phenoxy) is 2. The molecule has 0 aliphatic heterocycles. The number of benzene rings is 2. The minimum Gasteiger partial charge on any atom is -0.459 e. The van der Waals surface area contributed by atoms with Gasteiger partial charge in [0.2, 0.25) is 0 Å². The highest BCUT2D eigenvalue weighted by Crippen LogP contribution is 2.23. The lowest BCUT2D eigenvalue weighted by Gasteiger charge is -2.15. The third-order valence-corrected chi connectivity index (χ3v) is 4.11. The van der Waals surface area contributed by atoms with E-state index in [0.717, 1.165) is 0 Å². The molecule has 0 fully saturated rings. The van der Waals surface area contributed by atoms with Gasteiger partial charge in [0.1, 0.15) is 0 Å². The summed E-state index contributed by atoms with van der Waals surface area (Å²) >= 11 is 17.3. The van der Waals surface area contributed by atoms with Gasteiger partial charge in [0.15, 0.2) is 5.11 Å². The second kappa shape index (κ2) is 10.6. The second-order valence-electron chi connectivity index (χ2n) is 6.94. The molecule has 0 saturated carbocycles. The zero-order valence-corrected chi connectivity index (χ0v) is 19.2. The van der Waals surface area contributed by atoms with Crippen molar-refractivity contribution in [2.45, 2.75) is 39.9 Å². The van der Waals surface area contributed by atoms with Crippen LogP contribution in [0.15, 0.2) is 36.4 Å². The summed E-state index contributed by atoms with van der Waals surface area (Å²) in [6, 6.07) is 9.41. The maximum Gasteiger partial charge on any atom is 0.338 e. The Balaban J connectivity index is 2.28. The molecule has 2 aromatic carbocycles. The lowest BCUT2D eigenvalue weighted by molar-refractivity contribution is 0.0377. The van der Waals surface area contributed by atoms with Gasteiger partial charge in [-0.1, -0.05) is 23.2 Å². The first-order chi connectivity index (χ1) is 14.0. The molecule has 0 bridgehead atoms. The maximum absolute atomic E-state index is 12.4. The number of esters is 2. The van der Waals surface area contributed by atoms with E-state index in [1.807, 2.05) is 0 Å². The number of thiocarbonyl (C=S) groups is 1. The highest BCUT2D eigenvalue weighted by molar-refractivity contribution is 7.80. The number of carbonyl (C=O) groups excluding carboxylic acids is 2. The molecule has 0 aromatic heterocycles. The lowest BCUT2D eigenvalue weighted by atomic mass is 10.1. The molecule has 0 saturated heterocycles. The molecule has 9 heteroatoms. The molecule has 0 atom stereocenters. The Morgan fingerprint density at radius 3 is 1.57 bits per heavy atom. The van der Waals surface area contributed by atoms with E-state index in [0.29, 0.717) is 21.4 Å². The predicted octanol–water partition coefficient (Wildman–Crippen LogP) is 5.93. The predicted molar refractivity (Wildman–Crippen MR) is 124 cm³/mol. The highest BCUT2D eigenvalue weighted by Gasteiger charge is 2.17. The average Bonchev–Trinajstić information content (AvgIpc) is 2.59. The molecule has 0 radical (unpaired) electrons. The third-order valence-electron chi connectivity index (χ3n) is 3.47. The topological polar surface area (TPSA) is 76.7 Å². The molecule has 0 amide bonds. The molecular weight excluding hydrogens is 447 g/mol. The van der Waals surface area contributed by atoms with Gasteiger partial charge in [-0.3, -0.25) is 0 Å². The van der Waals surface area contributed by atoms with E-state index in [-0.39, 0.29) is 28.4 Å². The van der Waals surface area contributed by atoms with Crippen molar-refractivity contribution in [1.82, 2.24) is 0 Å². The molecule has 0 heterocycles. The quantitative estimate of drug-likeness (QED) is 0.401. The van der Waals surface area contributed by atoms with Gasteiger partial charge in [0.05, 0.1) is 23.3 Å². The highest BCUT2D eigenvalue weighted by atomic mass is 35.5. The Morgan fingerprint density at radius 1 is 0.767 bits per heavy atom. The summed E-state index contributed by atoms with van der Waals surface area (Å²) in [4.78, 5) is 24.8. The molecular formula is C21H22Cl2N2O4S. The summed E-state index contributed by atoms with van der Waals surface area (Å²) in [6.07, 6.45) is -0.619. The van der Waals surface area contributed by atoms with E-state index < -0.39 is 11.9 Å². The van der Waals surface area contributed by atoms with Gasteiger partial charge < -0.3 is 20.1 Å². The van der Waals surface area contributed by atoms with Crippen LogP contribution in [-0.2, 0) is 9.47 Å². The van der Waals surface area contributed by atoms with Gasteiger partial charge in [0, 0.05) is 21.4 Å². The van der Waals surface area contributed by atoms with Crippen LogP contribution >= 0.6 is 35.4 Å². The number of halogens is 2. The summed E-state index contributed by atoms with van der Waals surface area (Å²) in [7, 11) is 0. The summed E-state index contributed by atoms with van der Waals surface area (Å²) in [5.74, 6) is -1.12. The number of anilines is 2. The van der Waals surface area contributed by atoms with Gasteiger partial charge in [0.25, 0.3) is 0 Å². The van der Waals surface area contributed by atoms with Crippen LogP contribution in [-0.4, -0.2) is 29.3 Å². The van der Waals surface area contributed by atoms with Crippen LogP contribution in [0, 0.1) is 0 Å². The van der Waals surface area contributed by atoms with Gasteiger partial charge in [-0.05, 0) is 76.3 Å². The van der Waals surface area contributed by atoms with E-state index >= 15 is 0 Å². The molecule has 2 N–H and O–H groups in total. The summed E-state index contributed by atoms with van der Waals surface area (Å²) in [6.45, 7) is 6.96. The Hall–Kier alpha value is -2.35. The van der Waals surface area contributed by atoms with Crippen molar-refractivity contribution in [3.8, 4) is 0 Å². The first-order valence-electron chi connectivity index (χ1n) is 9.14. The molecule has 30 heavy (non-hydrogen) atoms. The van der Waals surface area contributed by atoms with Crippen molar-refractivity contribution >= 4 is 63.8 Å². The van der Waals surface area contributed by atoms with Gasteiger partial charge in [-0.2, -0.15) is 0 Å². The third kappa shape index (κ3) is 7.48. The molecule has 0 spiro atoms. The van der Waals surface area contributed by atoms with Crippen LogP contribution in [0.4, 0.5) is 11.4 Å². The van der Waals surface area contributed by atoms with E-state index in [1.54, 1.807) is 45.9 Å². The van der Waals surface area contributed by atoms with Crippen LogP contribution in [0.2, 0.25) is 10.0 Å². The van der Waals surface area contributed by atoms with Crippen LogP contribution in [0.25, 0.3) is 0 Å². The number of carbonyl (C=O) groups is 2. The fourth-order valence-electron chi connectivity index (χ4n) is 2.42. The van der Waals surface area contributed by atoms with E-state index in [2.05, 4.69) is 10.6 Å². The van der Waals surface area contributed by atoms with Crippen molar-refractivity contribution in [3.63, 3.8) is 0 Å². The number of hydrogen-bond acceptors (Lipinski definition) is 5. The first-order valence-corrected chi connectivity index (χ1v) is 10.3. The normalized spacial score (nSPS) is 10.7. The Morgan fingerprint density at radius 2 is 1.17 bits per heavy atom. The molecule has 0 unspecified atom stereocenters. The largest absolute Gasteiger partial charge is 0.459 e. The Kier molecular flexibility index (Phi) is 8.46. The van der Waals surface area contributed by atoms with Crippen molar-refractivity contribution in [2.75, 3.05) is 10.6 Å². The van der Waals surface area contributed by atoms with E-state index in [9.17, 15) is 9.59 Å². The second-order valence-corrected chi connectivity index (χ2v) is 8.23. The van der Waals surface area contributed by atoms with Crippen LogP contribution in [0.5, 0.6) is 0 Å². The molecule has 160 valence electrons. The van der Waals surface area contributed by atoms with Crippen LogP contribution < -0.4 is 10.6 Å². The summed E-state index contributed by atoms with van der Waals surface area (Å²) in [5, 5.41) is 7.01. The minimum atomic E-state index is -0.562. The molecule has 2 rings (SSSR count). The number of rotatable bonds is 6. The molecule has 6 nitrogen and oxygen atoms in total. The zero-order chi connectivity index (χ0) is 22.4. The molecule has 2 aromatic rings. The van der Waals surface area contributed by atoms with Crippen LogP contribution in [0.3, 0.4) is 0 Å². The SMILES string of the molecule is CC(C)OC(=O)c1cc(NC(=S)Nc2cc(Cl)cc(Cl)c2)cc(C(=O)OC(C)C)c1. The molecule has 0 aliphatic carbocycles. The minimum absolute atomic E-state index is 0.193. The van der Waals surface area contributed by atoms with E-state index in [4.69, 9.17) is 44.9 Å². The van der Waals surface area contributed by atoms with Gasteiger partial charge in [-0.15, -0.1) is 0 Å². The smallest absolute Gasteiger partial charge is 0.338 e. The van der Waals surface area contributed by atoms with Crippen molar-refractivity contribution < 1.29 is 19.1 Å². The lowest BCUT2D eigenvalue weighted by Crippen LogP contribution is -2.20. The first kappa shape index (κ1) is 23.9. The van der Waals surface area contributed by atoms with Crippen molar-refractivity contribution in [1.29, 1.82) is 0 Å². The monoisotopic (exact) mass is 468 g/mol. The van der Waals surface area contributed by atoms with Gasteiger partial charge >= 0.3 is 11.9 Å². The zero-order valence-electron chi connectivity index (χ0n) is 16.9. The van der Waals surface area contributed by atoms with Crippen molar-refractivity contribution in [3.05, 3.63) is 57.6 Å². The summed E-state index contributed by atoms with van der Waals surface area (Å²) in [5.41, 5.74) is 1.38. The fourth-order valence-corrected chi connectivity index (χ4v) is 3.18. The Bertz CT molecular complexity index is 904. The summed E-state index contributed by atoms with van der Waals surface area (Å²) < 4.78 is 10.5. The standard InChI is InChI=1S/C21H22Cl2N2O4S/c1-11(2)28-19(26)13-5-14(20(27)29-12(3)4)7-17(6-13)24-21(30)25-18-9-15(22)8-16(23)10-18/h5-12H,1-4H3,(H2,24,25,30). The number of hydrogen-bond donors (Lipinski definition) is 2. The van der Waals surface area contributed by atoms with E-state index in [1.165, 1.54) is 18.2 Å². The average molecular weight is 469 g/mol. The van der Waals surface area contributed by atoms with Crippen LogP contribution in [0.1, 0.15) is 48.4 Å². The van der Waals surface area contributed by atoms with Crippen molar-refractivity contribution in [2.24, 2.45) is 0 Å². The number of nitrogens with one attached hydrogen (secondary N) is 2. The Labute approximate surface area is 190 Å². The maximum atomic E-state index is 12.4. The molecule has 0 aliphatic rings.